The van der Waals surface area contributed by atoms with Crippen LogP contribution < -0.4 is 10.5 Å². The smallest absolute Gasteiger partial charge is 0.327 e. The number of ether oxygens (including phenoxy) is 2. The molecule has 0 aliphatic heterocycles. The molecule has 20 heavy (non-hydrogen) atoms. The number of hydrogen-bond donors (Lipinski definition) is 1. The Kier molecular flexibility index (Phi) is 5.00. The van der Waals surface area contributed by atoms with Crippen molar-refractivity contribution >= 4 is 11.7 Å². The van der Waals surface area contributed by atoms with E-state index in [9.17, 15) is 4.79 Å². The largest absolute Gasteiger partial charge is 0.493 e. The third-order valence-electron chi connectivity index (χ3n) is 2.51. The van der Waals surface area contributed by atoms with Gasteiger partial charge in [0.05, 0.1) is 25.1 Å². The van der Waals surface area contributed by atoms with Gasteiger partial charge in [0.25, 0.3) is 0 Å². The number of rotatable bonds is 7. The lowest BCUT2D eigenvalue weighted by Crippen LogP contribution is -2.15. The zero-order chi connectivity index (χ0) is 14.2. The molecule has 2 rings (SSSR count). The first-order valence-corrected chi connectivity index (χ1v) is 6.35. The Balaban J connectivity index is 1.58. The van der Waals surface area contributed by atoms with Gasteiger partial charge in [-0.05, 0) is 12.1 Å². The molecule has 1 aromatic heterocycles. The van der Waals surface area contributed by atoms with Crippen molar-refractivity contribution in [3.8, 4) is 5.75 Å². The first kappa shape index (κ1) is 13.9. The molecule has 1 aromatic carbocycles. The standard InChI is InChI=1S/C14H17N3O3/c15-12-9-16-17(10-12)11-14(18)20-8-4-7-19-13-5-2-1-3-6-13/h1-3,5-6,9-10H,4,7-8,11,15H2. The van der Waals surface area contributed by atoms with Crippen molar-refractivity contribution in [3.05, 3.63) is 42.7 Å². The number of benzene rings is 1. The second-order valence-corrected chi connectivity index (χ2v) is 4.21. The molecule has 2 N–H and O–H groups in total. The van der Waals surface area contributed by atoms with Crippen LogP contribution in [-0.4, -0.2) is 29.0 Å². The van der Waals surface area contributed by atoms with Crippen molar-refractivity contribution in [2.24, 2.45) is 0 Å². The summed E-state index contributed by atoms with van der Waals surface area (Å²) in [5.41, 5.74) is 6.02. The predicted octanol–water partition coefficient (Wildman–Crippen LogP) is 1.48. The van der Waals surface area contributed by atoms with Crippen LogP contribution in [0.1, 0.15) is 6.42 Å². The molecule has 0 amide bonds. The van der Waals surface area contributed by atoms with Gasteiger partial charge in [-0.15, -0.1) is 0 Å². The first-order chi connectivity index (χ1) is 9.74. The van der Waals surface area contributed by atoms with Crippen LogP contribution in [0.2, 0.25) is 0 Å². The van der Waals surface area contributed by atoms with E-state index in [2.05, 4.69) is 5.10 Å². The summed E-state index contributed by atoms with van der Waals surface area (Å²) >= 11 is 0. The van der Waals surface area contributed by atoms with Gasteiger partial charge in [-0.1, -0.05) is 18.2 Å². The van der Waals surface area contributed by atoms with Crippen molar-refractivity contribution in [1.29, 1.82) is 0 Å². The number of nitrogen functional groups attached to an aromatic ring is 1. The van der Waals surface area contributed by atoms with Gasteiger partial charge in [0, 0.05) is 12.6 Å². The molecule has 0 saturated carbocycles. The third kappa shape index (κ3) is 4.64. The van der Waals surface area contributed by atoms with E-state index in [0.29, 0.717) is 25.3 Å². The van der Waals surface area contributed by atoms with Crippen molar-refractivity contribution in [1.82, 2.24) is 9.78 Å². The fourth-order valence-electron chi connectivity index (χ4n) is 1.60. The highest BCUT2D eigenvalue weighted by Gasteiger charge is 2.05. The van der Waals surface area contributed by atoms with Gasteiger partial charge in [0.2, 0.25) is 0 Å². The lowest BCUT2D eigenvalue weighted by atomic mass is 10.3. The molecular formula is C14H17N3O3. The van der Waals surface area contributed by atoms with Gasteiger partial charge in [-0.3, -0.25) is 9.48 Å². The van der Waals surface area contributed by atoms with E-state index in [0.717, 1.165) is 5.75 Å². The van der Waals surface area contributed by atoms with Crippen molar-refractivity contribution in [3.63, 3.8) is 0 Å². The van der Waals surface area contributed by atoms with Crippen LogP contribution in [0.5, 0.6) is 5.75 Å². The number of aromatic nitrogens is 2. The number of nitrogens with two attached hydrogens (primary N) is 1. The number of carbonyl (C=O) groups is 1. The topological polar surface area (TPSA) is 79.4 Å². The lowest BCUT2D eigenvalue weighted by molar-refractivity contribution is -0.144. The molecule has 6 nitrogen and oxygen atoms in total. The second kappa shape index (κ2) is 7.18. The van der Waals surface area contributed by atoms with Crippen LogP contribution in [0, 0.1) is 0 Å². The zero-order valence-corrected chi connectivity index (χ0v) is 11.1. The van der Waals surface area contributed by atoms with Gasteiger partial charge >= 0.3 is 5.97 Å². The summed E-state index contributed by atoms with van der Waals surface area (Å²) in [4.78, 5) is 11.5. The third-order valence-corrected chi connectivity index (χ3v) is 2.51. The normalized spacial score (nSPS) is 10.2. The van der Waals surface area contributed by atoms with E-state index >= 15 is 0 Å². The molecule has 106 valence electrons. The average molecular weight is 275 g/mol. The number of carbonyl (C=O) groups excluding carboxylic acids is 1. The quantitative estimate of drug-likeness (QED) is 0.611. The van der Waals surface area contributed by atoms with Crippen LogP contribution in [0.4, 0.5) is 5.69 Å². The fraction of sp³-hybridized carbons (Fsp3) is 0.286. The van der Waals surface area contributed by atoms with Crippen LogP contribution in [-0.2, 0) is 16.1 Å². The summed E-state index contributed by atoms with van der Waals surface area (Å²) in [6.45, 7) is 0.894. The summed E-state index contributed by atoms with van der Waals surface area (Å²) in [5.74, 6) is 0.471. The van der Waals surface area contributed by atoms with E-state index in [1.165, 1.54) is 10.9 Å². The maximum atomic E-state index is 11.5. The summed E-state index contributed by atoms with van der Waals surface area (Å²) in [6.07, 6.45) is 3.71. The van der Waals surface area contributed by atoms with Crippen molar-refractivity contribution in [2.45, 2.75) is 13.0 Å². The Hall–Kier alpha value is -2.50. The SMILES string of the molecule is Nc1cnn(CC(=O)OCCCOc2ccccc2)c1. The van der Waals surface area contributed by atoms with Gasteiger partial charge in [-0.25, -0.2) is 0 Å². The van der Waals surface area contributed by atoms with Crippen molar-refractivity contribution < 1.29 is 14.3 Å². The number of hydrogen-bond acceptors (Lipinski definition) is 5. The Bertz CT molecular complexity index is 540. The predicted molar refractivity (Wildman–Crippen MR) is 74.2 cm³/mol. The zero-order valence-electron chi connectivity index (χ0n) is 11.1. The Labute approximate surface area is 117 Å². The van der Waals surface area contributed by atoms with Gasteiger partial charge in [0.1, 0.15) is 12.3 Å². The van der Waals surface area contributed by atoms with Crippen LogP contribution in [0.15, 0.2) is 42.7 Å². The summed E-state index contributed by atoms with van der Waals surface area (Å²) in [5, 5.41) is 3.91. The molecule has 0 spiro atoms. The molecule has 1 heterocycles. The highest BCUT2D eigenvalue weighted by molar-refractivity contribution is 5.69. The number of anilines is 1. The Morgan fingerprint density at radius 3 is 2.75 bits per heavy atom. The molecule has 0 aliphatic carbocycles. The summed E-state index contributed by atoms with van der Waals surface area (Å²) < 4.78 is 12.0. The average Bonchev–Trinajstić information content (AvgIpc) is 2.85. The molecule has 0 fully saturated rings. The number of para-hydroxylation sites is 1. The molecule has 0 unspecified atom stereocenters. The minimum absolute atomic E-state index is 0.0662. The van der Waals surface area contributed by atoms with Gasteiger partial charge in [0.15, 0.2) is 0 Å². The Morgan fingerprint density at radius 1 is 1.25 bits per heavy atom. The summed E-state index contributed by atoms with van der Waals surface area (Å²) in [6, 6.07) is 9.51. The maximum Gasteiger partial charge on any atom is 0.327 e. The fourth-order valence-corrected chi connectivity index (χ4v) is 1.60. The molecule has 0 radical (unpaired) electrons. The van der Waals surface area contributed by atoms with E-state index in [1.807, 2.05) is 30.3 Å². The molecule has 0 saturated heterocycles. The molecular weight excluding hydrogens is 258 g/mol. The molecule has 0 atom stereocenters. The van der Waals surface area contributed by atoms with E-state index in [1.54, 1.807) is 6.20 Å². The maximum absolute atomic E-state index is 11.5. The van der Waals surface area contributed by atoms with E-state index in [-0.39, 0.29) is 12.5 Å². The number of nitrogens with zero attached hydrogens (tertiary/aromatic N) is 2. The molecule has 0 aliphatic rings. The second-order valence-electron chi connectivity index (χ2n) is 4.21. The number of esters is 1. The van der Waals surface area contributed by atoms with Crippen LogP contribution >= 0.6 is 0 Å². The Morgan fingerprint density at radius 2 is 2.05 bits per heavy atom. The highest BCUT2D eigenvalue weighted by atomic mass is 16.5. The minimum atomic E-state index is -0.340. The monoisotopic (exact) mass is 275 g/mol. The van der Waals surface area contributed by atoms with Gasteiger partial charge in [-0.2, -0.15) is 5.10 Å². The van der Waals surface area contributed by atoms with Crippen LogP contribution in [0.3, 0.4) is 0 Å². The first-order valence-electron chi connectivity index (χ1n) is 6.35. The van der Waals surface area contributed by atoms with E-state index in [4.69, 9.17) is 15.2 Å². The van der Waals surface area contributed by atoms with Gasteiger partial charge < -0.3 is 15.2 Å². The van der Waals surface area contributed by atoms with E-state index < -0.39 is 0 Å². The van der Waals surface area contributed by atoms with Crippen LogP contribution in [0.25, 0.3) is 0 Å². The lowest BCUT2D eigenvalue weighted by Gasteiger charge is -2.07. The minimum Gasteiger partial charge on any atom is -0.493 e. The molecule has 0 bridgehead atoms. The highest BCUT2D eigenvalue weighted by Crippen LogP contribution is 2.08. The van der Waals surface area contributed by atoms with Crippen molar-refractivity contribution in [2.75, 3.05) is 18.9 Å². The molecule has 6 heteroatoms. The molecule has 2 aromatic rings. The summed E-state index contributed by atoms with van der Waals surface area (Å²) in [7, 11) is 0.